The zero-order chi connectivity index (χ0) is 11.5. The zero-order valence-corrected chi connectivity index (χ0v) is 9.76. The molecule has 3 heteroatoms. The number of halogens is 1. The van der Waals surface area contributed by atoms with Crippen molar-refractivity contribution in [3.63, 3.8) is 0 Å². The first-order valence-corrected chi connectivity index (χ1v) is 5.62. The summed E-state index contributed by atoms with van der Waals surface area (Å²) in [5.74, 6) is -0.109. The van der Waals surface area contributed by atoms with Crippen molar-refractivity contribution in [3.05, 3.63) is 35.8 Å². The Labute approximate surface area is 95.1 Å². The molecule has 0 saturated heterocycles. The lowest BCUT2D eigenvalue weighted by atomic mass is 10.0. The molecular weight excluding hydrogens is 203 g/mol. The van der Waals surface area contributed by atoms with Crippen molar-refractivity contribution in [2.24, 2.45) is 0 Å². The first kappa shape index (κ1) is 11.1. The molecule has 0 amide bonds. The Hall–Kier alpha value is -1.35. The van der Waals surface area contributed by atoms with Crippen LogP contribution in [0.3, 0.4) is 0 Å². The Kier molecular flexibility index (Phi) is 3.25. The Morgan fingerprint density at radius 2 is 2.06 bits per heavy atom. The minimum atomic E-state index is -0.109. The fourth-order valence-corrected chi connectivity index (χ4v) is 2.22. The second-order valence-electron chi connectivity index (χ2n) is 4.12. The molecule has 0 bridgehead atoms. The van der Waals surface area contributed by atoms with Crippen molar-refractivity contribution >= 4 is 10.9 Å². The van der Waals surface area contributed by atoms with Gasteiger partial charge in [0.15, 0.2) is 0 Å². The predicted molar refractivity (Wildman–Crippen MR) is 65.2 cm³/mol. The van der Waals surface area contributed by atoms with E-state index < -0.39 is 0 Å². The van der Waals surface area contributed by atoms with E-state index in [1.165, 1.54) is 5.52 Å². The molecule has 0 aliphatic carbocycles. The first-order chi connectivity index (χ1) is 7.76. The third kappa shape index (κ3) is 1.95. The molecule has 0 spiro atoms. The first-order valence-electron chi connectivity index (χ1n) is 5.62. The highest BCUT2D eigenvalue weighted by Crippen LogP contribution is 2.26. The van der Waals surface area contributed by atoms with Gasteiger partial charge in [-0.15, -0.1) is 0 Å². The van der Waals surface area contributed by atoms with Crippen LogP contribution < -0.4 is 5.32 Å². The van der Waals surface area contributed by atoms with Crippen LogP contribution in [0.25, 0.3) is 10.9 Å². The maximum atomic E-state index is 13.1. The molecule has 0 radical (unpaired) electrons. The van der Waals surface area contributed by atoms with Crippen molar-refractivity contribution in [1.82, 2.24) is 9.88 Å². The number of aryl methyl sites for hydroxylation is 2. The van der Waals surface area contributed by atoms with E-state index >= 15 is 0 Å². The summed E-state index contributed by atoms with van der Waals surface area (Å²) in [4.78, 5) is 0. The average Bonchev–Trinajstić information content (AvgIpc) is 2.64. The Bertz CT molecular complexity index is 488. The van der Waals surface area contributed by atoms with Crippen LogP contribution in [0, 0.1) is 5.82 Å². The van der Waals surface area contributed by atoms with Gasteiger partial charge in [-0.05, 0) is 50.7 Å². The van der Waals surface area contributed by atoms with E-state index in [1.807, 2.05) is 26.4 Å². The lowest BCUT2D eigenvalue weighted by Gasteiger charge is -2.15. The number of nitrogens with zero attached hydrogens (tertiary/aromatic N) is 1. The standard InChI is InChI=1S/C11H10FN.C2H7N/c12-10-6-8-2-1-4-13-5-3-9(7-10)11(8)13;1-3-2/h3,5-7H,1-2,4H2;3H,1-2H3. The van der Waals surface area contributed by atoms with Crippen LogP contribution in [0.2, 0.25) is 0 Å². The van der Waals surface area contributed by atoms with Crippen molar-refractivity contribution in [2.75, 3.05) is 14.1 Å². The fraction of sp³-hybridized carbons (Fsp3) is 0.385. The third-order valence-electron chi connectivity index (χ3n) is 2.75. The predicted octanol–water partition coefficient (Wildman–Crippen LogP) is 2.56. The normalized spacial score (nSPS) is 13.4. The Morgan fingerprint density at radius 3 is 2.81 bits per heavy atom. The largest absolute Gasteiger partial charge is 0.347 e. The SMILES string of the molecule is CNC.Fc1cc2c3c(ccn3CCC2)c1. The molecule has 1 aromatic carbocycles. The number of rotatable bonds is 0. The highest BCUT2D eigenvalue weighted by atomic mass is 19.1. The van der Waals surface area contributed by atoms with Crippen LogP contribution in [0.1, 0.15) is 12.0 Å². The summed E-state index contributed by atoms with van der Waals surface area (Å²) in [6, 6.07) is 5.27. The molecule has 86 valence electrons. The van der Waals surface area contributed by atoms with Gasteiger partial charge in [-0.3, -0.25) is 0 Å². The third-order valence-corrected chi connectivity index (χ3v) is 2.75. The summed E-state index contributed by atoms with van der Waals surface area (Å²) in [6.45, 7) is 1.07. The highest BCUT2D eigenvalue weighted by molar-refractivity contribution is 5.84. The molecule has 2 heterocycles. The van der Waals surface area contributed by atoms with E-state index in [1.54, 1.807) is 12.1 Å². The number of benzene rings is 1. The fourth-order valence-electron chi connectivity index (χ4n) is 2.22. The molecule has 0 saturated carbocycles. The number of hydrogen-bond donors (Lipinski definition) is 1. The van der Waals surface area contributed by atoms with Crippen LogP contribution in [0.15, 0.2) is 24.4 Å². The molecule has 1 N–H and O–H groups in total. The van der Waals surface area contributed by atoms with E-state index in [2.05, 4.69) is 9.88 Å². The average molecular weight is 220 g/mol. The molecule has 0 unspecified atom stereocenters. The molecule has 1 aromatic heterocycles. The van der Waals surface area contributed by atoms with Gasteiger partial charge in [-0.25, -0.2) is 4.39 Å². The van der Waals surface area contributed by atoms with Crippen LogP contribution in [0.5, 0.6) is 0 Å². The summed E-state index contributed by atoms with van der Waals surface area (Å²) in [7, 11) is 3.75. The lowest BCUT2D eigenvalue weighted by Crippen LogP contribution is -2.06. The zero-order valence-electron chi connectivity index (χ0n) is 9.76. The van der Waals surface area contributed by atoms with Crippen molar-refractivity contribution < 1.29 is 4.39 Å². The topological polar surface area (TPSA) is 17.0 Å². The number of hydrogen-bond acceptors (Lipinski definition) is 1. The van der Waals surface area contributed by atoms with E-state index in [0.29, 0.717) is 0 Å². The molecule has 1 aliphatic rings. The molecule has 0 fully saturated rings. The molecule has 0 atom stereocenters. The maximum Gasteiger partial charge on any atom is 0.124 e. The minimum Gasteiger partial charge on any atom is -0.347 e. The Morgan fingerprint density at radius 1 is 1.31 bits per heavy atom. The van der Waals surface area contributed by atoms with Crippen molar-refractivity contribution in [1.29, 1.82) is 0 Å². The quantitative estimate of drug-likeness (QED) is 0.722. The highest BCUT2D eigenvalue weighted by Gasteiger charge is 2.12. The van der Waals surface area contributed by atoms with Gasteiger partial charge in [0.25, 0.3) is 0 Å². The van der Waals surface area contributed by atoms with Gasteiger partial charge in [0.1, 0.15) is 5.82 Å². The molecule has 16 heavy (non-hydrogen) atoms. The molecule has 2 aromatic rings. The van der Waals surface area contributed by atoms with E-state index in [4.69, 9.17) is 0 Å². The van der Waals surface area contributed by atoms with Gasteiger partial charge in [-0.1, -0.05) is 0 Å². The second-order valence-corrected chi connectivity index (χ2v) is 4.12. The molecule has 3 rings (SSSR count). The smallest absolute Gasteiger partial charge is 0.124 e. The summed E-state index contributed by atoms with van der Waals surface area (Å²) in [5, 5.41) is 3.79. The van der Waals surface area contributed by atoms with E-state index in [9.17, 15) is 4.39 Å². The minimum absolute atomic E-state index is 0.109. The number of aromatic nitrogens is 1. The van der Waals surface area contributed by atoms with Gasteiger partial charge in [0.05, 0.1) is 5.52 Å². The lowest BCUT2D eigenvalue weighted by molar-refractivity contribution is 0.611. The van der Waals surface area contributed by atoms with Gasteiger partial charge in [-0.2, -0.15) is 0 Å². The van der Waals surface area contributed by atoms with Crippen LogP contribution >= 0.6 is 0 Å². The van der Waals surface area contributed by atoms with Gasteiger partial charge in [0.2, 0.25) is 0 Å². The van der Waals surface area contributed by atoms with Crippen molar-refractivity contribution in [3.8, 4) is 0 Å². The molecular formula is C13H17FN2. The summed E-state index contributed by atoms with van der Waals surface area (Å²) >= 11 is 0. The molecule has 2 nitrogen and oxygen atoms in total. The summed E-state index contributed by atoms with van der Waals surface area (Å²) < 4.78 is 15.3. The van der Waals surface area contributed by atoms with E-state index in [0.717, 1.165) is 30.3 Å². The summed E-state index contributed by atoms with van der Waals surface area (Å²) in [6.07, 6.45) is 4.19. The molecule has 1 aliphatic heterocycles. The monoisotopic (exact) mass is 220 g/mol. The van der Waals surface area contributed by atoms with Crippen LogP contribution in [0.4, 0.5) is 4.39 Å². The van der Waals surface area contributed by atoms with Gasteiger partial charge >= 0.3 is 0 Å². The van der Waals surface area contributed by atoms with Crippen molar-refractivity contribution in [2.45, 2.75) is 19.4 Å². The number of nitrogens with one attached hydrogen (secondary N) is 1. The van der Waals surface area contributed by atoms with Crippen LogP contribution in [-0.4, -0.2) is 18.7 Å². The summed E-state index contributed by atoms with van der Waals surface area (Å²) in [5.41, 5.74) is 2.39. The van der Waals surface area contributed by atoms with Gasteiger partial charge < -0.3 is 9.88 Å². The van der Waals surface area contributed by atoms with Crippen LogP contribution in [-0.2, 0) is 13.0 Å². The van der Waals surface area contributed by atoms with Gasteiger partial charge in [0, 0.05) is 18.1 Å². The van der Waals surface area contributed by atoms with E-state index in [-0.39, 0.29) is 5.82 Å². The Balaban J connectivity index is 0.000000292. The second kappa shape index (κ2) is 4.66. The maximum absolute atomic E-state index is 13.1.